The van der Waals surface area contributed by atoms with Crippen molar-refractivity contribution in [1.29, 1.82) is 0 Å². The molecule has 6 heteroatoms. The smallest absolute Gasteiger partial charge is 0.237 e. The zero-order valence-corrected chi connectivity index (χ0v) is 13.3. The molecule has 0 aliphatic heterocycles. The SMILES string of the molecule is NC(=O)C1(NCC(O)COCc2ccccc2F)CCCCC1. The first-order valence-electron chi connectivity index (χ1n) is 8.08. The third-order valence-electron chi connectivity index (χ3n) is 4.38. The normalized spacial score (nSPS) is 18.5. The van der Waals surface area contributed by atoms with Gasteiger partial charge in [0.1, 0.15) is 5.82 Å². The topological polar surface area (TPSA) is 84.6 Å². The molecule has 1 aliphatic rings. The average Bonchev–Trinajstić information content (AvgIpc) is 2.55. The second-order valence-electron chi connectivity index (χ2n) is 6.15. The molecule has 1 unspecified atom stereocenters. The molecule has 1 aliphatic carbocycles. The number of hydrogen-bond donors (Lipinski definition) is 3. The Morgan fingerprint density at radius 3 is 2.70 bits per heavy atom. The molecule has 0 heterocycles. The summed E-state index contributed by atoms with van der Waals surface area (Å²) in [4.78, 5) is 11.7. The number of carbonyl (C=O) groups excluding carboxylic acids is 1. The lowest BCUT2D eigenvalue weighted by Crippen LogP contribution is -2.58. The Kier molecular flexibility index (Phi) is 6.50. The second-order valence-corrected chi connectivity index (χ2v) is 6.15. The molecule has 1 saturated carbocycles. The number of hydrogen-bond acceptors (Lipinski definition) is 4. The van der Waals surface area contributed by atoms with E-state index in [9.17, 15) is 14.3 Å². The number of amides is 1. The van der Waals surface area contributed by atoms with Crippen LogP contribution in [0.4, 0.5) is 4.39 Å². The molecule has 128 valence electrons. The van der Waals surface area contributed by atoms with E-state index in [1.807, 2.05) is 0 Å². The highest BCUT2D eigenvalue weighted by Gasteiger charge is 2.37. The average molecular weight is 324 g/mol. The molecular weight excluding hydrogens is 299 g/mol. The highest BCUT2D eigenvalue weighted by atomic mass is 19.1. The van der Waals surface area contributed by atoms with Crippen LogP contribution in [0.5, 0.6) is 0 Å². The van der Waals surface area contributed by atoms with Crippen molar-refractivity contribution < 1.29 is 19.0 Å². The van der Waals surface area contributed by atoms with E-state index in [4.69, 9.17) is 10.5 Å². The minimum atomic E-state index is -0.778. The zero-order valence-electron chi connectivity index (χ0n) is 13.3. The molecule has 1 aromatic carbocycles. The first kappa shape index (κ1) is 17.8. The van der Waals surface area contributed by atoms with Crippen molar-refractivity contribution in [2.45, 2.75) is 50.4 Å². The highest BCUT2D eigenvalue weighted by molar-refractivity contribution is 5.84. The highest BCUT2D eigenvalue weighted by Crippen LogP contribution is 2.27. The van der Waals surface area contributed by atoms with Crippen LogP contribution in [0.25, 0.3) is 0 Å². The van der Waals surface area contributed by atoms with Crippen molar-refractivity contribution in [3.63, 3.8) is 0 Å². The van der Waals surface area contributed by atoms with Crippen molar-refractivity contribution in [2.24, 2.45) is 5.73 Å². The van der Waals surface area contributed by atoms with Gasteiger partial charge in [0.05, 0.1) is 24.9 Å². The van der Waals surface area contributed by atoms with Gasteiger partial charge in [-0.25, -0.2) is 4.39 Å². The molecule has 4 N–H and O–H groups in total. The predicted octanol–water partition coefficient (Wildman–Crippen LogP) is 1.48. The largest absolute Gasteiger partial charge is 0.389 e. The fourth-order valence-corrected chi connectivity index (χ4v) is 2.96. The summed E-state index contributed by atoms with van der Waals surface area (Å²) in [7, 11) is 0. The zero-order chi connectivity index (χ0) is 16.7. The second kappa shape index (κ2) is 8.38. The summed E-state index contributed by atoms with van der Waals surface area (Å²) >= 11 is 0. The van der Waals surface area contributed by atoms with Crippen LogP contribution in [0.15, 0.2) is 24.3 Å². The van der Waals surface area contributed by atoms with Crippen LogP contribution in [-0.4, -0.2) is 35.8 Å². The predicted molar refractivity (Wildman–Crippen MR) is 85.1 cm³/mol. The lowest BCUT2D eigenvalue weighted by molar-refractivity contribution is -0.126. The molecule has 5 nitrogen and oxygen atoms in total. The van der Waals surface area contributed by atoms with Crippen LogP contribution in [-0.2, 0) is 16.1 Å². The Labute approximate surface area is 136 Å². The van der Waals surface area contributed by atoms with Crippen molar-refractivity contribution in [3.8, 4) is 0 Å². The molecule has 0 bridgehead atoms. The van der Waals surface area contributed by atoms with E-state index in [1.165, 1.54) is 6.07 Å². The van der Waals surface area contributed by atoms with E-state index in [-0.39, 0.29) is 31.5 Å². The van der Waals surface area contributed by atoms with Crippen LogP contribution in [0.3, 0.4) is 0 Å². The fraction of sp³-hybridized carbons (Fsp3) is 0.588. The third kappa shape index (κ3) is 4.99. The monoisotopic (exact) mass is 324 g/mol. The van der Waals surface area contributed by atoms with Gasteiger partial charge in [-0.05, 0) is 18.9 Å². The van der Waals surface area contributed by atoms with Crippen molar-refractivity contribution in [1.82, 2.24) is 5.32 Å². The molecule has 0 aromatic heterocycles. The Morgan fingerprint density at radius 2 is 2.04 bits per heavy atom. The van der Waals surface area contributed by atoms with Crippen LogP contribution in [0.2, 0.25) is 0 Å². The summed E-state index contributed by atoms with van der Waals surface area (Å²) in [5.74, 6) is -0.688. The number of nitrogens with two attached hydrogens (primary N) is 1. The number of ether oxygens (including phenoxy) is 1. The quantitative estimate of drug-likeness (QED) is 0.676. The third-order valence-corrected chi connectivity index (χ3v) is 4.38. The van der Waals surface area contributed by atoms with Gasteiger partial charge in [-0.15, -0.1) is 0 Å². The molecule has 1 fully saturated rings. The Hall–Kier alpha value is -1.50. The number of aliphatic hydroxyl groups is 1. The molecule has 1 amide bonds. The van der Waals surface area contributed by atoms with Crippen LogP contribution < -0.4 is 11.1 Å². The summed E-state index contributed by atoms with van der Waals surface area (Å²) < 4.78 is 18.8. The molecular formula is C17H25FN2O3. The van der Waals surface area contributed by atoms with E-state index >= 15 is 0 Å². The van der Waals surface area contributed by atoms with E-state index in [0.29, 0.717) is 18.4 Å². The van der Waals surface area contributed by atoms with Crippen LogP contribution in [0.1, 0.15) is 37.7 Å². The number of benzene rings is 1. The Morgan fingerprint density at radius 1 is 1.35 bits per heavy atom. The first-order chi connectivity index (χ1) is 11.0. The number of halogens is 1. The van der Waals surface area contributed by atoms with Gasteiger partial charge < -0.3 is 20.9 Å². The fourth-order valence-electron chi connectivity index (χ4n) is 2.96. The molecule has 23 heavy (non-hydrogen) atoms. The number of aliphatic hydroxyl groups excluding tert-OH is 1. The minimum absolute atomic E-state index is 0.0657. The standard InChI is InChI=1S/C17H25FN2O3/c18-15-7-3-2-6-13(15)11-23-12-14(21)10-20-17(16(19)22)8-4-1-5-9-17/h2-3,6-7,14,20-21H,1,4-5,8-12H2,(H2,19,22). The Balaban J connectivity index is 1.75. The van der Waals surface area contributed by atoms with Gasteiger partial charge in [0.15, 0.2) is 0 Å². The maximum atomic E-state index is 13.4. The van der Waals surface area contributed by atoms with Gasteiger partial charge in [0, 0.05) is 12.1 Å². The molecule has 0 spiro atoms. The van der Waals surface area contributed by atoms with Gasteiger partial charge >= 0.3 is 0 Å². The van der Waals surface area contributed by atoms with E-state index < -0.39 is 11.6 Å². The van der Waals surface area contributed by atoms with E-state index in [1.54, 1.807) is 18.2 Å². The lowest BCUT2D eigenvalue weighted by atomic mass is 9.81. The summed E-state index contributed by atoms with van der Waals surface area (Å²) in [6, 6.07) is 6.37. The molecule has 0 saturated heterocycles. The van der Waals surface area contributed by atoms with E-state index in [2.05, 4.69) is 5.32 Å². The van der Waals surface area contributed by atoms with Crippen LogP contribution in [0, 0.1) is 5.82 Å². The van der Waals surface area contributed by atoms with Gasteiger partial charge in [-0.2, -0.15) is 0 Å². The maximum absolute atomic E-state index is 13.4. The molecule has 0 radical (unpaired) electrons. The Bertz CT molecular complexity index is 518. The van der Waals surface area contributed by atoms with Crippen LogP contribution >= 0.6 is 0 Å². The van der Waals surface area contributed by atoms with Gasteiger partial charge in [-0.3, -0.25) is 4.79 Å². The van der Waals surface area contributed by atoms with Crippen molar-refractivity contribution >= 4 is 5.91 Å². The number of carbonyl (C=O) groups is 1. The maximum Gasteiger partial charge on any atom is 0.237 e. The molecule has 1 aromatic rings. The van der Waals surface area contributed by atoms with Gasteiger partial charge in [0.25, 0.3) is 0 Å². The number of nitrogens with one attached hydrogen (secondary N) is 1. The van der Waals surface area contributed by atoms with Gasteiger partial charge in [-0.1, -0.05) is 37.5 Å². The number of β-amino-alcohol motifs (C(OH)–C–C–N with tert-alkyl or cyclic N) is 1. The van der Waals surface area contributed by atoms with Gasteiger partial charge in [0.2, 0.25) is 5.91 Å². The number of primary amides is 1. The minimum Gasteiger partial charge on any atom is -0.389 e. The lowest BCUT2D eigenvalue weighted by Gasteiger charge is -2.36. The summed E-state index contributed by atoms with van der Waals surface area (Å²) in [6.07, 6.45) is 3.63. The first-order valence-corrected chi connectivity index (χ1v) is 8.08. The summed E-state index contributed by atoms with van der Waals surface area (Å²) in [5, 5.41) is 13.1. The summed E-state index contributed by atoms with van der Waals surface area (Å²) in [6.45, 7) is 0.390. The van der Waals surface area contributed by atoms with Crippen molar-refractivity contribution in [2.75, 3.05) is 13.2 Å². The van der Waals surface area contributed by atoms with Crippen molar-refractivity contribution in [3.05, 3.63) is 35.6 Å². The molecule has 2 rings (SSSR count). The molecule has 1 atom stereocenters. The summed E-state index contributed by atoms with van der Waals surface area (Å²) in [5.41, 5.74) is 5.26. The number of rotatable bonds is 8. The van der Waals surface area contributed by atoms with E-state index in [0.717, 1.165) is 19.3 Å².